The molecule has 0 aromatic carbocycles. The van der Waals surface area contributed by atoms with Crippen molar-refractivity contribution in [2.24, 2.45) is 11.3 Å². The van der Waals surface area contributed by atoms with Gasteiger partial charge in [-0.15, -0.1) is 0 Å². The van der Waals surface area contributed by atoms with Gasteiger partial charge in [-0.05, 0) is 32.1 Å². The lowest BCUT2D eigenvalue weighted by molar-refractivity contribution is -0.180. The number of hydrogen-bond acceptors (Lipinski definition) is 3. The van der Waals surface area contributed by atoms with Gasteiger partial charge in [-0.1, -0.05) is 33.1 Å². The van der Waals surface area contributed by atoms with E-state index in [1.54, 1.807) is 0 Å². The van der Waals surface area contributed by atoms with Crippen LogP contribution in [0.1, 0.15) is 71.6 Å². The number of rotatable bonds is 7. The van der Waals surface area contributed by atoms with Crippen molar-refractivity contribution in [2.75, 3.05) is 6.61 Å². The second-order valence-electron chi connectivity index (χ2n) is 7.78. The molecule has 0 aromatic rings. The van der Waals surface area contributed by atoms with Crippen LogP contribution in [0.5, 0.6) is 0 Å². The summed E-state index contributed by atoms with van der Waals surface area (Å²) >= 11 is 0. The van der Waals surface area contributed by atoms with Crippen LogP contribution in [0.3, 0.4) is 0 Å². The summed E-state index contributed by atoms with van der Waals surface area (Å²) in [5.74, 6) is 0.542. The molecule has 22 heavy (non-hydrogen) atoms. The quantitative estimate of drug-likeness (QED) is 0.760. The van der Waals surface area contributed by atoms with E-state index in [4.69, 9.17) is 4.74 Å². The van der Waals surface area contributed by atoms with Gasteiger partial charge >= 0.3 is 0 Å². The lowest BCUT2D eigenvalue weighted by Gasteiger charge is -2.63. The normalized spacial score (nSPS) is 32.2. The van der Waals surface area contributed by atoms with Gasteiger partial charge in [-0.2, -0.15) is 0 Å². The summed E-state index contributed by atoms with van der Waals surface area (Å²) in [7, 11) is 0. The van der Waals surface area contributed by atoms with Crippen LogP contribution in [-0.4, -0.2) is 35.4 Å². The molecule has 1 spiro atoms. The number of carbonyl (C=O) groups excluding carboxylic acids is 1. The first-order chi connectivity index (χ1) is 10.5. The van der Waals surface area contributed by atoms with Crippen LogP contribution >= 0.6 is 0 Å². The van der Waals surface area contributed by atoms with E-state index >= 15 is 0 Å². The predicted octanol–water partition coefficient (Wildman–Crippen LogP) is 2.78. The van der Waals surface area contributed by atoms with Gasteiger partial charge in [0.2, 0.25) is 5.91 Å². The second kappa shape index (κ2) is 6.12. The summed E-state index contributed by atoms with van der Waals surface area (Å²) in [5.41, 5.74) is -0.597. The average Bonchev–Trinajstić information content (AvgIpc) is 2.79. The molecule has 2 N–H and O–H groups in total. The summed E-state index contributed by atoms with van der Waals surface area (Å²) in [6, 6.07) is 0.286. The number of nitrogens with one attached hydrogen (secondary N) is 1. The molecule has 3 aliphatic rings. The van der Waals surface area contributed by atoms with E-state index in [1.165, 1.54) is 19.3 Å². The number of fused-ring (bicyclic) bond motifs is 2. The van der Waals surface area contributed by atoms with E-state index in [9.17, 15) is 9.90 Å². The fourth-order valence-electron chi connectivity index (χ4n) is 5.21. The van der Waals surface area contributed by atoms with E-state index in [-0.39, 0.29) is 23.8 Å². The highest BCUT2D eigenvalue weighted by molar-refractivity contribution is 5.77. The molecular formula is C18H31NO3. The van der Waals surface area contributed by atoms with E-state index in [1.807, 2.05) is 0 Å². The third kappa shape index (κ3) is 2.58. The Morgan fingerprint density at radius 3 is 2.55 bits per heavy atom. The molecule has 3 unspecified atom stereocenters. The van der Waals surface area contributed by atoms with Crippen molar-refractivity contribution in [3.63, 3.8) is 0 Å². The molecule has 2 saturated carbocycles. The highest BCUT2D eigenvalue weighted by Crippen LogP contribution is 2.62. The molecule has 4 nitrogen and oxygen atoms in total. The first kappa shape index (κ1) is 16.3. The first-order valence-corrected chi connectivity index (χ1v) is 9.18. The van der Waals surface area contributed by atoms with Crippen molar-refractivity contribution < 1.29 is 14.6 Å². The lowest BCUT2D eigenvalue weighted by atomic mass is 9.46. The summed E-state index contributed by atoms with van der Waals surface area (Å²) in [5, 5.41) is 14.0. The Kier molecular flexibility index (Phi) is 4.52. The van der Waals surface area contributed by atoms with E-state index in [2.05, 4.69) is 19.2 Å². The van der Waals surface area contributed by atoms with Gasteiger partial charge in [-0.25, -0.2) is 0 Å². The number of ether oxygens (including phenoxy) is 1. The van der Waals surface area contributed by atoms with Crippen LogP contribution in [0.25, 0.3) is 0 Å². The highest BCUT2D eigenvalue weighted by atomic mass is 16.5. The third-order valence-electron chi connectivity index (χ3n) is 6.27. The van der Waals surface area contributed by atoms with Crippen molar-refractivity contribution in [1.82, 2.24) is 5.32 Å². The van der Waals surface area contributed by atoms with Crippen LogP contribution in [0.2, 0.25) is 0 Å². The molecule has 3 rings (SSSR count). The zero-order valence-corrected chi connectivity index (χ0v) is 14.1. The van der Waals surface area contributed by atoms with Crippen LogP contribution in [0.15, 0.2) is 0 Å². The van der Waals surface area contributed by atoms with Crippen LogP contribution in [-0.2, 0) is 9.53 Å². The second-order valence-corrected chi connectivity index (χ2v) is 7.78. The molecule has 0 bridgehead atoms. The molecular weight excluding hydrogens is 278 g/mol. The molecule has 1 saturated heterocycles. The SMILES string of the molecule is CCCC(O)(CCC)CC(=O)NC1C2CCOC2C12CCC2. The van der Waals surface area contributed by atoms with Crippen LogP contribution in [0, 0.1) is 11.3 Å². The van der Waals surface area contributed by atoms with Gasteiger partial charge in [0.25, 0.3) is 0 Å². The molecule has 0 radical (unpaired) electrons. The molecule has 4 heteroatoms. The van der Waals surface area contributed by atoms with Gasteiger partial charge in [-0.3, -0.25) is 4.79 Å². The molecule has 1 heterocycles. The van der Waals surface area contributed by atoms with Gasteiger partial charge in [0.15, 0.2) is 0 Å². The number of hydrogen-bond donors (Lipinski definition) is 2. The maximum absolute atomic E-state index is 12.5. The van der Waals surface area contributed by atoms with Gasteiger partial charge < -0.3 is 15.2 Å². The molecule has 1 aliphatic heterocycles. The highest BCUT2D eigenvalue weighted by Gasteiger charge is 2.66. The zero-order chi connectivity index (χ0) is 15.8. The number of amides is 1. The minimum atomic E-state index is -0.824. The summed E-state index contributed by atoms with van der Waals surface area (Å²) < 4.78 is 5.90. The van der Waals surface area contributed by atoms with E-state index in [0.717, 1.165) is 25.9 Å². The van der Waals surface area contributed by atoms with Crippen molar-refractivity contribution in [3.05, 3.63) is 0 Å². The molecule has 126 valence electrons. The lowest BCUT2D eigenvalue weighted by Crippen LogP contribution is -2.71. The molecule has 0 aromatic heterocycles. The van der Waals surface area contributed by atoms with E-state index in [0.29, 0.717) is 24.9 Å². The monoisotopic (exact) mass is 309 g/mol. The van der Waals surface area contributed by atoms with Gasteiger partial charge in [0.1, 0.15) is 0 Å². The smallest absolute Gasteiger partial charge is 0.223 e. The number of aliphatic hydroxyl groups is 1. The molecule has 1 amide bonds. The topological polar surface area (TPSA) is 58.6 Å². The molecule has 2 aliphatic carbocycles. The Morgan fingerprint density at radius 2 is 2.00 bits per heavy atom. The fraction of sp³-hybridized carbons (Fsp3) is 0.944. The predicted molar refractivity (Wildman–Crippen MR) is 85.4 cm³/mol. The largest absolute Gasteiger partial charge is 0.389 e. The summed E-state index contributed by atoms with van der Waals surface area (Å²) in [6.07, 6.45) is 8.58. The van der Waals surface area contributed by atoms with Crippen molar-refractivity contribution in [3.8, 4) is 0 Å². The summed E-state index contributed by atoms with van der Waals surface area (Å²) in [6.45, 7) is 4.97. The minimum absolute atomic E-state index is 0.0334. The third-order valence-corrected chi connectivity index (χ3v) is 6.27. The Balaban J connectivity index is 1.59. The minimum Gasteiger partial charge on any atom is -0.389 e. The Hall–Kier alpha value is -0.610. The number of carbonyl (C=O) groups is 1. The first-order valence-electron chi connectivity index (χ1n) is 9.18. The summed E-state index contributed by atoms with van der Waals surface area (Å²) in [4.78, 5) is 12.5. The van der Waals surface area contributed by atoms with Crippen molar-refractivity contribution in [2.45, 2.75) is 89.4 Å². The Labute approximate surface area is 134 Å². The average molecular weight is 309 g/mol. The van der Waals surface area contributed by atoms with Gasteiger partial charge in [0.05, 0.1) is 18.1 Å². The zero-order valence-electron chi connectivity index (χ0n) is 14.1. The van der Waals surface area contributed by atoms with Crippen molar-refractivity contribution in [1.29, 1.82) is 0 Å². The Morgan fingerprint density at radius 1 is 1.32 bits per heavy atom. The van der Waals surface area contributed by atoms with Crippen molar-refractivity contribution >= 4 is 5.91 Å². The Bertz CT molecular complexity index is 413. The van der Waals surface area contributed by atoms with Gasteiger partial charge in [0, 0.05) is 24.0 Å². The fourth-order valence-corrected chi connectivity index (χ4v) is 5.21. The molecule has 3 fully saturated rings. The maximum atomic E-state index is 12.5. The maximum Gasteiger partial charge on any atom is 0.223 e. The molecule has 3 atom stereocenters. The van der Waals surface area contributed by atoms with Crippen LogP contribution in [0.4, 0.5) is 0 Å². The van der Waals surface area contributed by atoms with Crippen LogP contribution < -0.4 is 5.32 Å². The standard InChI is InChI=1S/C18H31NO3/c1-3-7-17(21,8-4-2)12-14(20)19-15-13-6-11-22-16(13)18(15)9-5-10-18/h13,15-16,21H,3-12H2,1-2H3,(H,19,20). The van der Waals surface area contributed by atoms with E-state index < -0.39 is 5.60 Å².